The molecule has 0 unspecified atom stereocenters. The van der Waals surface area contributed by atoms with E-state index in [0.717, 1.165) is 5.56 Å². The van der Waals surface area contributed by atoms with Crippen LogP contribution in [0.15, 0.2) is 77.7 Å². The molecule has 3 aromatic rings. The van der Waals surface area contributed by atoms with Crippen molar-refractivity contribution in [3.63, 3.8) is 0 Å². The van der Waals surface area contributed by atoms with Gasteiger partial charge in [-0.25, -0.2) is 8.42 Å². The van der Waals surface area contributed by atoms with E-state index < -0.39 is 10.0 Å². The number of aryl methyl sites for hydroxylation is 1. The maximum Gasteiger partial charge on any atom is 0.261 e. The average Bonchev–Trinajstić information content (AvgIpc) is 2.68. The van der Waals surface area contributed by atoms with E-state index in [1.165, 1.54) is 19.2 Å². The van der Waals surface area contributed by atoms with Crippen molar-refractivity contribution in [1.82, 2.24) is 0 Å². The third kappa shape index (κ3) is 4.69. The van der Waals surface area contributed by atoms with Gasteiger partial charge >= 0.3 is 0 Å². The van der Waals surface area contributed by atoms with E-state index in [9.17, 15) is 13.2 Å². The lowest BCUT2D eigenvalue weighted by atomic mass is 10.1. The second-order valence-corrected chi connectivity index (χ2v) is 7.87. The van der Waals surface area contributed by atoms with Crippen molar-refractivity contribution in [2.75, 3.05) is 17.1 Å². The maximum atomic E-state index is 12.6. The molecule has 7 heteroatoms. The first-order chi connectivity index (χ1) is 13.4. The summed E-state index contributed by atoms with van der Waals surface area (Å²) in [5, 5.41) is 2.76. The zero-order chi connectivity index (χ0) is 20.1. The summed E-state index contributed by atoms with van der Waals surface area (Å²) in [5.41, 5.74) is 2.43. The summed E-state index contributed by atoms with van der Waals surface area (Å²) in [4.78, 5) is 12.4. The lowest BCUT2D eigenvalue weighted by Crippen LogP contribution is -2.14. The number of ether oxygens (including phenoxy) is 1. The maximum absolute atomic E-state index is 12.6. The van der Waals surface area contributed by atoms with E-state index in [0.29, 0.717) is 22.7 Å². The van der Waals surface area contributed by atoms with Crippen molar-refractivity contribution in [1.29, 1.82) is 0 Å². The van der Waals surface area contributed by atoms with Gasteiger partial charge < -0.3 is 10.1 Å². The Morgan fingerprint density at radius 3 is 2.29 bits per heavy atom. The predicted octanol–water partition coefficient (Wildman–Crippen LogP) is 4.06. The normalized spacial score (nSPS) is 10.9. The molecule has 0 aromatic heterocycles. The van der Waals surface area contributed by atoms with Gasteiger partial charge in [0.15, 0.2) is 0 Å². The Labute approximate surface area is 164 Å². The Morgan fingerprint density at radius 1 is 0.893 bits per heavy atom. The molecule has 0 spiro atoms. The number of hydrogen-bond donors (Lipinski definition) is 2. The van der Waals surface area contributed by atoms with Crippen LogP contribution in [-0.2, 0) is 10.0 Å². The zero-order valence-electron chi connectivity index (χ0n) is 15.5. The fraction of sp³-hybridized carbons (Fsp3) is 0.0952. The van der Waals surface area contributed by atoms with E-state index in [1.807, 2.05) is 19.1 Å². The highest BCUT2D eigenvalue weighted by molar-refractivity contribution is 7.92. The van der Waals surface area contributed by atoms with E-state index in [4.69, 9.17) is 4.74 Å². The second kappa shape index (κ2) is 8.14. The van der Waals surface area contributed by atoms with Gasteiger partial charge in [-0.3, -0.25) is 9.52 Å². The topological polar surface area (TPSA) is 84.5 Å². The summed E-state index contributed by atoms with van der Waals surface area (Å²) >= 11 is 0. The van der Waals surface area contributed by atoms with E-state index >= 15 is 0 Å². The van der Waals surface area contributed by atoms with Gasteiger partial charge in [0.1, 0.15) is 5.75 Å². The molecule has 1 amide bonds. The second-order valence-electron chi connectivity index (χ2n) is 6.19. The lowest BCUT2D eigenvalue weighted by molar-refractivity contribution is 0.102. The van der Waals surface area contributed by atoms with Crippen LogP contribution in [0.3, 0.4) is 0 Å². The SMILES string of the molecule is COc1cccc(NS(=O)(=O)c2ccc(NC(=O)c3cccc(C)c3)cc2)c1. The van der Waals surface area contributed by atoms with Crippen LogP contribution in [0, 0.1) is 6.92 Å². The summed E-state index contributed by atoms with van der Waals surface area (Å²) in [5.74, 6) is 0.295. The molecule has 144 valence electrons. The minimum atomic E-state index is -3.76. The van der Waals surface area contributed by atoms with Crippen LogP contribution in [0.2, 0.25) is 0 Å². The third-order valence-electron chi connectivity index (χ3n) is 4.02. The van der Waals surface area contributed by atoms with Gasteiger partial charge in [-0.1, -0.05) is 23.8 Å². The predicted molar refractivity (Wildman–Crippen MR) is 109 cm³/mol. The number of rotatable bonds is 6. The molecule has 0 bridgehead atoms. The Bertz CT molecular complexity index is 1090. The van der Waals surface area contributed by atoms with Crippen LogP contribution < -0.4 is 14.8 Å². The van der Waals surface area contributed by atoms with E-state index in [-0.39, 0.29) is 10.8 Å². The van der Waals surface area contributed by atoms with Gasteiger partial charge in [-0.2, -0.15) is 0 Å². The summed E-state index contributed by atoms with van der Waals surface area (Å²) < 4.78 is 32.7. The molecule has 0 aliphatic rings. The molecule has 0 saturated heterocycles. The first-order valence-electron chi connectivity index (χ1n) is 8.52. The van der Waals surface area contributed by atoms with Gasteiger partial charge in [-0.15, -0.1) is 0 Å². The average molecular weight is 396 g/mol. The number of hydrogen-bond acceptors (Lipinski definition) is 4. The van der Waals surface area contributed by atoms with Gasteiger partial charge in [0.05, 0.1) is 17.7 Å². The van der Waals surface area contributed by atoms with Gasteiger partial charge in [0, 0.05) is 17.3 Å². The minimum absolute atomic E-state index is 0.0869. The summed E-state index contributed by atoms with van der Waals surface area (Å²) in [7, 11) is -2.25. The van der Waals surface area contributed by atoms with Crippen LogP contribution in [0.1, 0.15) is 15.9 Å². The fourth-order valence-corrected chi connectivity index (χ4v) is 3.66. The molecular formula is C21H20N2O4S. The molecule has 0 radical (unpaired) electrons. The Hall–Kier alpha value is -3.32. The number of benzene rings is 3. The third-order valence-corrected chi connectivity index (χ3v) is 5.42. The molecule has 0 aliphatic heterocycles. The van der Waals surface area contributed by atoms with Crippen LogP contribution >= 0.6 is 0 Å². The van der Waals surface area contributed by atoms with Crippen molar-refractivity contribution in [3.8, 4) is 5.75 Å². The number of nitrogens with one attached hydrogen (secondary N) is 2. The molecule has 0 aliphatic carbocycles. The minimum Gasteiger partial charge on any atom is -0.497 e. The molecule has 3 aromatic carbocycles. The Balaban J connectivity index is 1.73. The highest BCUT2D eigenvalue weighted by Gasteiger charge is 2.15. The Morgan fingerprint density at radius 2 is 1.61 bits per heavy atom. The number of carbonyl (C=O) groups is 1. The zero-order valence-corrected chi connectivity index (χ0v) is 16.3. The molecular weight excluding hydrogens is 376 g/mol. The largest absolute Gasteiger partial charge is 0.497 e. The highest BCUT2D eigenvalue weighted by Crippen LogP contribution is 2.22. The number of amides is 1. The molecule has 0 atom stereocenters. The van der Waals surface area contributed by atoms with Gasteiger partial charge in [-0.05, 0) is 55.5 Å². The monoisotopic (exact) mass is 396 g/mol. The van der Waals surface area contributed by atoms with E-state index in [1.54, 1.807) is 48.5 Å². The van der Waals surface area contributed by atoms with Crippen LogP contribution in [0.4, 0.5) is 11.4 Å². The highest BCUT2D eigenvalue weighted by atomic mass is 32.2. The molecule has 0 heterocycles. The van der Waals surface area contributed by atoms with Crippen molar-refractivity contribution >= 4 is 27.3 Å². The molecule has 6 nitrogen and oxygen atoms in total. The summed E-state index contributed by atoms with van der Waals surface area (Å²) in [6.45, 7) is 1.91. The van der Waals surface area contributed by atoms with Crippen LogP contribution in [0.5, 0.6) is 5.75 Å². The molecule has 0 saturated carbocycles. The van der Waals surface area contributed by atoms with Crippen molar-refractivity contribution < 1.29 is 17.9 Å². The fourth-order valence-electron chi connectivity index (χ4n) is 2.61. The number of sulfonamides is 1. The van der Waals surface area contributed by atoms with Crippen LogP contribution in [0.25, 0.3) is 0 Å². The molecule has 3 rings (SSSR count). The lowest BCUT2D eigenvalue weighted by Gasteiger charge is -2.10. The smallest absolute Gasteiger partial charge is 0.261 e. The molecule has 0 fully saturated rings. The summed E-state index contributed by atoms with van der Waals surface area (Å²) in [6.07, 6.45) is 0. The van der Waals surface area contributed by atoms with Gasteiger partial charge in [0.25, 0.3) is 15.9 Å². The number of anilines is 2. The number of methoxy groups -OCH3 is 1. The molecule has 28 heavy (non-hydrogen) atoms. The van der Waals surface area contributed by atoms with Crippen molar-refractivity contribution in [3.05, 3.63) is 83.9 Å². The van der Waals surface area contributed by atoms with Crippen molar-refractivity contribution in [2.45, 2.75) is 11.8 Å². The first kappa shape index (κ1) is 19.4. The van der Waals surface area contributed by atoms with Gasteiger partial charge in [0.2, 0.25) is 0 Å². The quantitative estimate of drug-likeness (QED) is 0.658. The van der Waals surface area contributed by atoms with E-state index in [2.05, 4.69) is 10.0 Å². The van der Waals surface area contributed by atoms with Crippen molar-refractivity contribution in [2.24, 2.45) is 0 Å². The summed E-state index contributed by atoms with van der Waals surface area (Å²) in [6, 6.07) is 19.8. The number of carbonyl (C=O) groups excluding carboxylic acids is 1. The van der Waals surface area contributed by atoms with Crippen LogP contribution in [-0.4, -0.2) is 21.4 Å². The first-order valence-corrected chi connectivity index (χ1v) is 10.0. The molecule has 2 N–H and O–H groups in total. The standard InChI is InChI=1S/C21H20N2O4S/c1-15-5-3-6-16(13-15)21(24)22-17-9-11-20(12-10-17)28(25,26)23-18-7-4-8-19(14-18)27-2/h3-14,23H,1-2H3,(H,22,24). The Kier molecular flexibility index (Phi) is 5.65.